The van der Waals surface area contributed by atoms with Gasteiger partial charge in [-0.2, -0.15) is 0 Å². The van der Waals surface area contributed by atoms with Crippen molar-refractivity contribution < 1.29 is 29.7 Å². The van der Waals surface area contributed by atoms with E-state index in [0.717, 1.165) is 0 Å². The second-order valence-corrected chi connectivity index (χ2v) is 10.6. The van der Waals surface area contributed by atoms with Crippen LogP contribution >= 0.6 is 11.6 Å². The number of para-hydroxylation sites is 1. The summed E-state index contributed by atoms with van der Waals surface area (Å²) in [7, 11) is 0. The molecule has 3 heteroatoms. The summed E-state index contributed by atoms with van der Waals surface area (Å²) in [5.74, 6) is 0.133. The molecule has 0 radical (unpaired) electrons. The van der Waals surface area contributed by atoms with Crippen LogP contribution in [-0.4, -0.2) is 5.11 Å². The van der Waals surface area contributed by atoms with Crippen molar-refractivity contribution in [3.8, 4) is 5.75 Å². The minimum Gasteiger partial charge on any atom is -0.506 e. The zero-order valence-corrected chi connectivity index (χ0v) is 15.9. The van der Waals surface area contributed by atoms with Crippen molar-refractivity contribution in [3.63, 3.8) is 0 Å². The quantitative estimate of drug-likeness (QED) is 0.555. The predicted octanol–water partition coefficient (Wildman–Crippen LogP) is 4.77. The van der Waals surface area contributed by atoms with Gasteiger partial charge < -0.3 is 5.11 Å². The van der Waals surface area contributed by atoms with Gasteiger partial charge in [0.15, 0.2) is 0 Å². The van der Waals surface area contributed by atoms with Crippen molar-refractivity contribution >= 4 is 11.6 Å². The molecule has 1 aromatic rings. The van der Waals surface area contributed by atoms with Crippen LogP contribution in [0.2, 0.25) is 13.4 Å². The topological polar surface area (TPSA) is 20.2 Å². The van der Waals surface area contributed by atoms with E-state index < -0.39 is 0 Å². The molecule has 1 nitrogen and oxygen atoms in total. The minimum absolute atomic E-state index is 0.133. The van der Waals surface area contributed by atoms with Crippen LogP contribution < -0.4 is 0 Å². The van der Waals surface area contributed by atoms with E-state index >= 15 is 0 Å². The number of phenolic OH excluding ortho intramolecular Hbond substituents is 1. The van der Waals surface area contributed by atoms with E-state index in [4.69, 9.17) is 16.7 Å². The molecule has 1 aromatic carbocycles. The van der Waals surface area contributed by atoms with Crippen LogP contribution in [0.5, 0.6) is 5.75 Å². The van der Waals surface area contributed by atoms with Gasteiger partial charge in [-0.25, -0.2) is 0 Å². The maximum atomic E-state index is 8.79. The number of unbranched alkanes of at least 4 members (excludes halogenated alkanes) is 2. The van der Waals surface area contributed by atoms with Gasteiger partial charge >= 0.3 is 59.1 Å². The zero-order valence-electron chi connectivity index (χ0n) is 9.67. The third-order valence-electron chi connectivity index (χ3n) is 2.06. The summed E-state index contributed by atoms with van der Waals surface area (Å²) in [6, 6.07) is 6.67. The third kappa shape index (κ3) is 9.19. The monoisotopic (exact) mass is 416 g/mol. The van der Waals surface area contributed by atoms with E-state index in [0.29, 0.717) is 5.02 Å². The van der Waals surface area contributed by atoms with Gasteiger partial charge in [0.2, 0.25) is 0 Å². The Bertz CT molecular complexity index is 228. The fourth-order valence-corrected chi connectivity index (χ4v) is 4.58. The fourth-order valence-electron chi connectivity index (χ4n) is 1.13. The molecule has 0 aliphatic heterocycles. The summed E-state index contributed by atoms with van der Waals surface area (Å²) in [6.45, 7) is 2.27. The van der Waals surface area contributed by atoms with Crippen LogP contribution in [0.4, 0.5) is 0 Å². The van der Waals surface area contributed by atoms with Gasteiger partial charge in [-0.3, -0.25) is 0 Å². The molecule has 1 N–H and O–H groups in total. The number of hydrogen-bond acceptors (Lipinski definition) is 1. The molecule has 15 heavy (non-hydrogen) atoms. The summed E-state index contributed by atoms with van der Waals surface area (Å²) in [4.78, 5) is 0. The zero-order chi connectivity index (χ0) is 11.5. The first-order valence-electron chi connectivity index (χ1n) is 5.65. The molecule has 0 saturated heterocycles. The number of halogens is 1. The Morgan fingerprint density at radius 3 is 2.33 bits per heavy atom. The molecule has 0 bridgehead atoms. The Hall–Kier alpha value is 0.245. The van der Waals surface area contributed by atoms with E-state index in [9.17, 15) is 0 Å². The van der Waals surface area contributed by atoms with Crippen molar-refractivity contribution in [1.29, 1.82) is 0 Å². The molecule has 82 valence electrons. The summed E-state index contributed by atoms with van der Waals surface area (Å²) in [6.07, 6.45) is 4.41. The predicted molar refractivity (Wildman–Crippen MR) is 63.3 cm³/mol. The molecule has 0 saturated carbocycles. The molecule has 0 amide bonds. The largest absolute Gasteiger partial charge is 0.506 e. The number of rotatable bonds is 4. The first-order valence-corrected chi connectivity index (χ1v) is 15.4. The number of phenols is 1. The van der Waals surface area contributed by atoms with Gasteiger partial charge in [-0.1, -0.05) is 23.7 Å². The van der Waals surface area contributed by atoms with Crippen molar-refractivity contribution in [1.82, 2.24) is 0 Å². The maximum absolute atomic E-state index is 8.79. The van der Waals surface area contributed by atoms with Crippen molar-refractivity contribution in [2.24, 2.45) is 0 Å². The van der Waals surface area contributed by atoms with Crippen molar-refractivity contribution in [3.05, 3.63) is 29.3 Å². The average molecular weight is 415 g/mol. The maximum Gasteiger partial charge on any atom is 0.134 e. The molecule has 0 heterocycles. The van der Waals surface area contributed by atoms with Crippen LogP contribution in [0.25, 0.3) is 0 Å². The average Bonchev–Trinajstić information content (AvgIpc) is 2.24. The molecule has 0 aliphatic rings. The second kappa shape index (κ2) is 10.8. The van der Waals surface area contributed by atoms with Crippen LogP contribution in [0.3, 0.4) is 0 Å². The van der Waals surface area contributed by atoms with Gasteiger partial charge in [0, 0.05) is 0 Å². The fraction of sp³-hybridized carbons (Fsp3) is 0.500. The van der Waals surface area contributed by atoms with Gasteiger partial charge in [0.25, 0.3) is 0 Å². The van der Waals surface area contributed by atoms with Gasteiger partial charge in [0.05, 0.1) is 5.02 Å². The third-order valence-corrected chi connectivity index (χ3v) is 7.07. The molecule has 0 unspecified atom stereocenters. The van der Waals surface area contributed by atoms with Crippen LogP contribution in [0, 0.1) is 0 Å². The van der Waals surface area contributed by atoms with Crippen molar-refractivity contribution in [2.75, 3.05) is 0 Å². The minimum atomic E-state index is -0.187. The van der Waals surface area contributed by atoms with Gasteiger partial charge in [-0.05, 0) is 12.1 Å². The number of hydrogen-bond donors (Lipinski definition) is 1. The Kier molecular flexibility index (Phi) is 10.9. The Morgan fingerprint density at radius 1 is 1.27 bits per heavy atom. The molecule has 1 rings (SSSR count). The molecule has 0 spiro atoms. The summed E-state index contributed by atoms with van der Waals surface area (Å²) < 4.78 is 4.11. The Balaban J connectivity index is 0.000000265. The summed E-state index contributed by atoms with van der Waals surface area (Å²) in [5.41, 5.74) is 0. The first-order chi connectivity index (χ1) is 7.22. The van der Waals surface area contributed by atoms with E-state index in [1.165, 1.54) is 19.3 Å². The molecule has 0 aromatic heterocycles. The smallest absolute Gasteiger partial charge is 0.134 e. The summed E-state index contributed by atoms with van der Waals surface area (Å²) in [5, 5.41) is 9.18. The van der Waals surface area contributed by atoms with E-state index in [1.54, 1.807) is 28.2 Å². The normalized spacial score (nSPS) is 8.73. The second-order valence-electron chi connectivity index (χ2n) is 3.51. The summed E-state index contributed by atoms with van der Waals surface area (Å²) >= 11 is 5.27. The SMILES string of the molecule is CCCC[CH2][Hg][CH3].Oc1ccccc1Cl. The molecular formula is C12H19ClHgO. The standard InChI is InChI=1S/C6H5ClO.C5H11.CH3.Hg/c7-5-3-1-2-4-6(5)8;1-3-5-4-2;;/h1-4,8H;1,3-5H2,2H3;1H3;. The molecular weight excluding hydrogens is 396 g/mol. The van der Waals surface area contributed by atoms with Crippen molar-refractivity contribution in [2.45, 2.75) is 34.5 Å². The van der Waals surface area contributed by atoms with Gasteiger partial charge in [-0.15, -0.1) is 0 Å². The number of benzene rings is 1. The van der Waals surface area contributed by atoms with Gasteiger partial charge in [0.1, 0.15) is 5.75 Å². The first kappa shape index (κ1) is 15.2. The van der Waals surface area contributed by atoms with E-state index in [1.807, 2.05) is 0 Å². The molecule has 0 aliphatic carbocycles. The molecule has 0 atom stereocenters. The van der Waals surface area contributed by atoms with E-state index in [2.05, 4.69) is 11.4 Å². The molecule has 0 fully saturated rings. The Morgan fingerprint density at radius 2 is 1.93 bits per heavy atom. The van der Waals surface area contributed by atoms with Crippen LogP contribution in [-0.2, 0) is 24.6 Å². The van der Waals surface area contributed by atoms with Crippen LogP contribution in [0.15, 0.2) is 24.3 Å². The number of aromatic hydroxyl groups is 1. The van der Waals surface area contributed by atoms with E-state index in [-0.39, 0.29) is 30.3 Å². The Labute approximate surface area is 110 Å². The van der Waals surface area contributed by atoms with Crippen LogP contribution in [0.1, 0.15) is 26.2 Å².